The number of hydrogen-bond donors (Lipinski definition) is 0. The van der Waals surface area contributed by atoms with Crippen molar-refractivity contribution < 1.29 is 0 Å². The summed E-state index contributed by atoms with van der Waals surface area (Å²) in [5.74, 6) is 1.87. The minimum Gasteiger partial charge on any atom is -0.0961 e. The lowest BCUT2D eigenvalue weighted by molar-refractivity contribution is 0.221. The normalized spacial score (nSPS) is 20.7. The lowest BCUT2D eigenvalue weighted by atomic mass is 9.70. The van der Waals surface area contributed by atoms with Gasteiger partial charge in [0.1, 0.15) is 0 Å². The van der Waals surface area contributed by atoms with Crippen molar-refractivity contribution >= 4 is 0 Å². The lowest BCUT2D eigenvalue weighted by Gasteiger charge is -2.35. The quantitative estimate of drug-likeness (QED) is 0.450. The van der Waals surface area contributed by atoms with E-state index in [0.717, 1.165) is 17.4 Å². The van der Waals surface area contributed by atoms with Gasteiger partial charge in [-0.2, -0.15) is 0 Å². The molecule has 0 saturated heterocycles. The average Bonchev–Trinajstić information content (AvgIpc) is 2.45. The molecule has 0 atom stereocenters. The molecule has 0 heterocycles. The molecule has 1 rings (SSSR count). The van der Waals surface area contributed by atoms with Crippen LogP contribution in [-0.4, -0.2) is 0 Å². The van der Waals surface area contributed by atoms with Gasteiger partial charge >= 0.3 is 0 Å². The molecule has 0 aromatic carbocycles. The van der Waals surface area contributed by atoms with Crippen LogP contribution in [0.1, 0.15) is 74.7 Å². The van der Waals surface area contributed by atoms with E-state index in [1.54, 1.807) is 0 Å². The first-order valence-corrected chi connectivity index (χ1v) is 9.10. The Hall–Kier alpha value is -1.30. The molecule has 1 aliphatic carbocycles. The van der Waals surface area contributed by atoms with E-state index in [1.807, 2.05) is 39.8 Å². The summed E-state index contributed by atoms with van der Waals surface area (Å²) in [6, 6.07) is 0. The van der Waals surface area contributed by atoms with E-state index in [9.17, 15) is 0 Å². The molecule has 0 radical (unpaired) electrons. The summed E-state index contributed by atoms with van der Waals surface area (Å²) in [5, 5.41) is 0. The highest BCUT2D eigenvalue weighted by molar-refractivity contribution is 5.27. The van der Waals surface area contributed by atoms with Crippen molar-refractivity contribution in [2.45, 2.75) is 74.7 Å². The predicted octanol–water partition coefficient (Wildman–Crippen LogP) is 8.06. The minimum absolute atomic E-state index is 0.867. The van der Waals surface area contributed by atoms with Crippen LogP contribution in [0, 0.1) is 11.8 Å². The molecule has 23 heavy (non-hydrogen) atoms. The third-order valence-electron chi connectivity index (χ3n) is 4.14. The summed E-state index contributed by atoms with van der Waals surface area (Å²) < 4.78 is 0. The predicted molar refractivity (Wildman–Crippen MR) is 110 cm³/mol. The maximum absolute atomic E-state index is 3.90. The van der Waals surface area contributed by atoms with Gasteiger partial charge in [-0.25, -0.2) is 0 Å². The van der Waals surface area contributed by atoms with Gasteiger partial charge in [0.05, 0.1) is 0 Å². The van der Waals surface area contributed by atoms with Crippen LogP contribution < -0.4 is 0 Å². The van der Waals surface area contributed by atoms with Crippen LogP contribution in [0.15, 0.2) is 59.8 Å². The van der Waals surface area contributed by atoms with Gasteiger partial charge in [0.25, 0.3) is 0 Å². The average molecular weight is 317 g/mol. The van der Waals surface area contributed by atoms with E-state index in [2.05, 4.69) is 53.0 Å². The Balaban J connectivity index is 0. The lowest BCUT2D eigenvalue weighted by Crippen LogP contribution is -2.23. The Labute approximate surface area is 146 Å². The van der Waals surface area contributed by atoms with Crippen LogP contribution in [0.2, 0.25) is 0 Å². The summed E-state index contributed by atoms with van der Waals surface area (Å²) in [7, 11) is 0. The largest absolute Gasteiger partial charge is 0.0961 e. The Morgan fingerprint density at radius 3 is 1.91 bits per heavy atom. The van der Waals surface area contributed by atoms with E-state index in [0.29, 0.717) is 0 Å². The maximum Gasteiger partial charge on any atom is -0.0198 e. The van der Waals surface area contributed by atoms with Gasteiger partial charge < -0.3 is 0 Å². The molecule has 0 spiro atoms. The van der Waals surface area contributed by atoms with Crippen molar-refractivity contribution in [1.29, 1.82) is 0 Å². The first-order chi connectivity index (χ1) is 10.8. The first kappa shape index (κ1) is 24.0. The monoisotopic (exact) mass is 316 g/mol. The zero-order chi connectivity index (χ0) is 18.4. The molecule has 0 unspecified atom stereocenters. The number of hydrogen-bond acceptors (Lipinski definition) is 0. The van der Waals surface area contributed by atoms with Crippen molar-refractivity contribution in [3.63, 3.8) is 0 Å². The van der Waals surface area contributed by atoms with Gasteiger partial charge in [0.2, 0.25) is 0 Å². The maximum atomic E-state index is 3.90. The van der Waals surface area contributed by atoms with Gasteiger partial charge in [0.15, 0.2) is 0 Å². The Morgan fingerprint density at radius 2 is 1.57 bits per heavy atom. The van der Waals surface area contributed by atoms with Gasteiger partial charge in [-0.15, -0.1) is 0 Å². The van der Waals surface area contributed by atoms with Crippen molar-refractivity contribution in [3.05, 3.63) is 59.8 Å². The molecular formula is C23H40. The second-order valence-corrected chi connectivity index (χ2v) is 6.33. The van der Waals surface area contributed by atoms with Crippen molar-refractivity contribution in [2.75, 3.05) is 0 Å². The summed E-state index contributed by atoms with van der Waals surface area (Å²) in [5.41, 5.74) is 5.10. The topological polar surface area (TPSA) is 0 Å². The fourth-order valence-electron chi connectivity index (χ4n) is 2.33. The van der Waals surface area contributed by atoms with Crippen LogP contribution in [0.25, 0.3) is 0 Å². The fourth-order valence-corrected chi connectivity index (χ4v) is 2.33. The highest BCUT2D eigenvalue weighted by Gasteiger charge is 2.28. The molecule has 1 saturated carbocycles. The Bertz CT molecular complexity index is 423. The fraction of sp³-hybridized carbons (Fsp3) is 0.565. The molecule has 1 aliphatic rings. The van der Waals surface area contributed by atoms with Crippen molar-refractivity contribution in [2.24, 2.45) is 11.8 Å². The van der Waals surface area contributed by atoms with Crippen LogP contribution in [-0.2, 0) is 0 Å². The number of allylic oxidation sites excluding steroid dienone is 8. The molecule has 132 valence electrons. The van der Waals surface area contributed by atoms with Gasteiger partial charge in [-0.1, -0.05) is 81.4 Å². The molecule has 1 fully saturated rings. The first-order valence-electron chi connectivity index (χ1n) is 9.10. The van der Waals surface area contributed by atoms with Crippen LogP contribution in [0.5, 0.6) is 0 Å². The van der Waals surface area contributed by atoms with E-state index < -0.39 is 0 Å². The molecule has 0 nitrogen and oxygen atoms in total. The molecule has 0 bridgehead atoms. The van der Waals surface area contributed by atoms with Crippen molar-refractivity contribution in [3.8, 4) is 0 Å². The standard InChI is InChI=1S/C12H20.C9H14.C2H6/c1-5-11-7-12(8-11)10(4)6-9(2)3;1-5-6-7-9(4)8(2)3;1-2/h6,11-12H,2,5,7-8H2,1,3-4H3;5-7H,2H2,1,3-4H3;1-2H3/b10-6+;6-5-,9-7-;. The third kappa shape index (κ3) is 11.9. The summed E-state index contributed by atoms with van der Waals surface area (Å²) in [6.07, 6.45) is 12.5. The van der Waals surface area contributed by atoms with Gasteiger partial charge in [-0.3, -0.25) is 0 Å². The highest BCUT2D eigenvalue weighted by atomic mass is 14.3. The van der Waals surface area contributed by atoms with E-state index in [-0.39, 0.29) is 0 Å². The van der Waals surface area contributed by atoms with Gasteiger partial charge in [-0.05, 0) is 64.9 Å². The second-order valence-electron chi connectivity index (χ2n) is 6.33. The van der Waals surface area contributed by atoms with Crippen LogP contribution in [0.3, 0.4) is 0 Å². The van der Waals surface area contributed by atoms with Crippen LogP contribution in [0.4, 0.5) is 0 Å². The summed E-state index contributed by atoms with van der Waals surface area (Å²) in [4.78, 5) is 0. The number of rotatable bonds is 5. The second kappa shape index (κ2) is 14.3. The highest BCUT2D eigenvalue weighted by Crippen LogP contribution is 2.40. The van der Waals surface area contributed by atoms with E-state index in [1.165, 1.54) is 36.0 Å². The molecule has 0 heteroatoms. The zero-order valence-corrected chi connectivity index (χ0v) is 17.0. The molecule has 0 aromatic heterocycles. The van der Waals surface area contributed by atoms with Crippen LogP contribution >= 0.6 is 0 Å². The molecule has 0 aliphatic heterocycles. The van der Waals surface area contributed by atoms with Crippen molar-refractivity contribution in [1.82, 2.24) is 0 Å². The van der Waals surface area contributed by atoms with E-state index in [4.69, 9.17) is 0 Å². The van der Waals surface area contributed by atoms with E-state index >= 15 is 0 Å². The molecule has 0 aromatic rings. The minimum atomic E-state index is 0.867. The molecule has 0 amide bonds. The summed E-state index contributed by atoms with van der Waals surface area (Å²) >= 11 is 0. The summed E-state index contributed by atoms with van der Waals surface area (Å²) in [6.45, 7) is 24.4. The van der Waals surface area contributed by atoms with Gasteiger partial charge in [0, 0.05) is 0 Å². The molecule has 0 N–H and O–H groups in total. The Morgan fingerprint density at radius 1 is 1.04 bits per heavy atom. The third-order valence-corrected chi connectivity index (χ3v) is 4.14. The zero-order valence-electron chi connectivity index (χ0n) is 17.0. The SMILES string of the molecule is C=C(C)/C(C)=C\C=C/C.C=C(C)/C=C(\C)C1CC(CC)C1.CC. The molecular weight excluding hydrogens is 276 g/mol. The smallest absolute Gasteiger partial charge is 0.0198 e. The Kier molecular flexibility index (Phi) is 14.9.